The van der Waals surface area contributed by atoms with Gasteiger partial charge in [-0.05, 0) is 6.07 Å². The van der Waals surface area contributed by atoms with E-state index in [1.165, 1.54) is 6.33 Å². The quantitative estimate of drug-likeness (QED) is 0.821. The number of para-hydroxylation sites is 1. The molecule has 0 bridgehead atoms. The maximum Gasteiger partial charge on any atom is 0.164 e. The Balaban J connectivity index is 2.24. The molecular formula is C11H11N3O. The van der Waals surface area contributed by atoms with Gasteiger partial charge in [0.1, 0.15) is 12.1 Å². The first-order chi connectivity index (χ1) is 7.40. The van der Waals surface area contributed by atoms with Crippen molar-refractivity contribution >= 4 is 0 Å². The first-order valence-corrected chi connectivity index (χ1v) is 4.61. The monoisotopic (exact) mass is 201 g/mol. The molecule has 4 nitrogen and oxygen atoms in total. The van der Waals surface area contributed by atoms with Crippen LogP contribution in [-0.4, -0.2) is 9.97 Å². The van der Waals surface area contributed by atoms with Gasteiger partial charge in [0.2, 0.25) is 0 Å². The molecule has 0 saturated carbocycles. The van der Waals surface area contributed by atoms with Crippen LogP contribution in [0, 0.1) is 0 Å². The van der Waals surface area contributed by atoms with Crippen LogP contribution in [-0.2, 0) is 6.54 Å². The van der Waals surface area contributed by atoms with Crippen molar-refractivity contribution < 1.29 is 4.74 Å². The lowest BCUT2D eigenvalue weighted by molar-refractivity contribution is 0.471. The van der Waals surface area contributed by atoms with Crippen LogP contribution in [0.15, 0.2) is 43.0 Å². The Morgan fingerprint density at radius 2 is 1.87 bits per heavy atom. The number of hydrogen-bond acceptors (Lipinski definition) is 4. The van der Waals surface area contributed by atoms with Crippen molar-refractivity contribution in [3.63, 3.8) is 0 Å². The molecule has 0 unspecified atom stereocenters. The van der Waals surface area contributed by atoms with Crippen molar-refractivity contribution in [1.82, 2.24) is 9.97 Å². The van der Waals surface area contributed by atoms with Gasteiger partial charge in [-0.2, -0.15) is 0 Å². The van der Waals surface area contributed by atoms with Gasteiger partial charge in [-0.25, -0.2) is 9.97 Å². The number of hydrogen-bond donors (Lipinski definition) is 1. The van der Waals surface area contributed by atoms with Crippen LogP contribution in [0.4, 0.5) is 0 Å². The summed E-state index contributed by atoms with van der Waals surface area (Å²) in [7, 11) is 0. The zero-order valence-electron chi connectivity index (χ0n) is 8.13. The van der Waals surface area contributed by atoms with E-state index in [-0.39, 0.29) is 0 Å². The van der Waals surface area contributed by atoms with Crippen LogP contribution in [0.1, 0.15) is 5.56 Å². The summed E-state index contributed by atoms with van der Waals surface area (Å²) in [5.41, 5.74) is 6.55. The second-order valence-electron chi connectivity index (χ2n) is 2.99. The molecule has 2 aromatic rings. The van der Waals surface area contributed by atoms with Gasteiger partial charge in [-0.15, -0.1) is 0 Å². The lowest BCUT2D eigenvalue weighted by Gasteiger charge is -2.08. The highest BCUT2D eigenvalue weighted by atomic mass is 16.5. The molecule has 15 heavy (non-hydrogen) atoms. The number of nitrogens with zero attached hydrogens (tertiary/aromatic N) is 2. The van der Waals surface area contributed by atoms with Crippen molar-refractivity contribution in [1.29, 1.82) is 0 Å². The summed E-state index contributed by atoms with van der Waals surface area (Å²) < 4.78 is 5.60. The van der Waals surface area contributed by atoms with Crippen LogP contribution >= 0.6 is 0 Å². The number of benzene rings is 1. The summed E-state index contributed by atoms with van der Waals surface area (Å²) in [5.74, 6) is 1.35. The molecular weight excluding hydrogens is 190 g/mol. The minimum atomic E-state index is 0.448. The lowest BCUT2D eigenvalue weighted by Crippen LogP contribution is -1.99. The summed E-state index contributed by atoms with van der Waals surface area (Å²) in [6.45, 7) is 0.448. The maximum absolute atomic E-state index is 5.60. The summed E-state index contributed by atoms with van der Waals surface area (Å²) in [6.07, 6.45) is 4.68. The van der Waals surface area contributed by atoms with Crippen LogP contribution < -0.4 is 10.5 Å². The number of ether oxygens (including phenoxy) is 1. The molecule has 0 aliphatic rings. The van der Waals surface area contributed by atoms with Gasteiger partial charge >= 0.3 is 0 Å². The molecule has 76 valence electrons. The van der Waals surface area contributed by atoms with E-state index in [0.29, 0.717) is 12.3 Å². The van der Waals surface area contributed by atoms with Crippen LogP contribution in [0.2, 0.25) is 0 Å². The smallest absolute Gasteiger partial charge is 0.164 e. The van der Waals surface area contributed by atoms with E-state index in [1.807, 2.05) is 24.3 Å². The molecule has 0 saturated heterocycles. The molecule has 1 aromatic heterocycles. The average Bonchev–Trinajstić information content (AvgIpc) is 2.31. The van der Waals surface area contributed by atoms with Crippen molar-refractivity contribution in [3.8, 4) is 11.5 Å². The summed E-state index contributed by atoms with van der Waals surface area (Å²) in [5, 5.41) is 0. The first kappa shape index (κ1) is 9.61. The van der Waals surface area contributed by atoms with Gasteiger partial charge in [0.05, 0.1) is 12.4 Å². The van der Waals surface area contributed by atoms with Gasteiger partial charge in [0.25, 0.3) is 0 Å². The van der Waals surface area contributed by atoms with Crippen molar-refractivity contribution in [2.24, 2.45) is 5.73 Å². The molecule has 2 rings (SSSR count). The van der Waals surface area contributed by atoms with Crippen molar-refractivity contribution in [2.45, 2.75) is 6.54 Å². The Hall–Kier alpha value is -1.94. The lowest BCUT2D eigenvalue weighted by atomic mass is 10.2. The molecule has 0 aliphatic heterocycles. The molecule has 0 fully saturated rings. The molecule has 1 aromatic carbocycles. The Kier molecular flexibility index (Phi) is 2.90. The van der Waals surface area contributed by atoms with Gasteiger partial charge in [0.15, 0.2) is 5.75 Å². The highest BCUT2D eigenvalue weighted by molar-refractivity contribution is 5.36. The predicted molar refractivity (Wildman–Crippen MR) is 56.4 cm³/mol. The van der Waals surface area contributed by atoms with E-state index < -0.39 is 0 Å². The van der Waals surface area contributed by atoms with Gasteiger partial charge in [-0.1, -0.05) is 18.2 Å². The minimum absolute atomic E-state index is 0.448. The topological polar surface area (TPSA) is 61.0 Å². The number of aromatic nitrogens is 2. The maximum atomic E-state index is 5.60. The number of rotatable bonds is 3. The summed E-state index contributed by atoms with van der Waals surface area (Å²) >= 11 is 0. The minimum Gasteiger partial charge on any atom is -0.454 e. The molecule has 0 aliphatic carbocycles. The van der Waals surface area contributed by atoms with Gasteiger partial charge in [-0.3, -0.25) is 0 Å². The second-order valence-corrected chi connectivity index (χ2v) is 2.99. The fourth-order valence-corrected chi connectivity index (χ4v) is 1.24. The van der Waals surface area contributed by atoms with Crippen LogP contribution in [0.3, 0.4) is 0 Å². The second kappa shape index (κ2) is 4.52. The SMILES string of the molecule is NCc1ccccc1Oc1cncnc1. The van der Waals surface area contributed by atoms with Crippen LogP contribution in [0.5, 0.6) is 11.5 Å². The van der Waals surface area contributed by atoms with E-state index in [1.54, 1.807) is 12.4 Å². The van der Waals surface area contributed by atoms with E-state index in [0.717, 1.165) is 11.3 Å². The fraction of sp³-hybridized carbons (Fsp3) is 0.0909. The Morgan fingerprint density at radius 3 is 2.60 bits per heavy atom. The van der Waals surface area contributed by atoms with Crippen molar-refractivity contribution in [2.75, 3.05) is 0 Å². The zero-order valence-corrected chi connectivity index (χ0v) is 8.13. The molecule has 0 atom stereocenters. The summed E-state index contributed by atoms with van der Waals surface area (Å²) in [4.78, 5) is 7.74. The molecule has 0 radical (unpaired) electrons. The fourth-order valence-electron chi connectivity index (χ4n) is 1.24. The van der Waals surface area contributed by atoms with Crippen molar-refractivity contribution in [3.05, 3.63) is 48.5 Å². The highest BCUT2D eigenvalue weighted by Gasteiger charge is 2.02. The molecule has 0 spiro atoms. The summed E-state index contributed by atoms with van der Waals surface area (Å²) in [6, 6.07) is 7.63. The van der Waals surface area contributed by atoms with E-state index in [4.69, 9.17) is 10.5 Å². The Bertz CT molecular complexity index is 431. The molecule has 1 heterocycles. The number of nitrogens with two attached hydrogens (primary N) is 1. The van der Waals surface area contributed by atoms with E-state index >= 15 is 0 Å². The van der Waals surface area contributed by atoms with E-state index in [2.05, 4.69) is 9.97 Å². The third-order valence-electron chi connectivity index (χ3n) is 1.96. The third-order valence-corrected chi connectivity index (χ3v) is 1.96. The van der Waals surface area contributed by atoms with Gasteiger partial charge in [0, 0.05) is 12.1 Å². The zero-order chi connectivity index (χ0) is 10.5. The standard InChI is InChI=1S/C11H11N3O/c12-5-9-3-1-2-4-11(9)15-10-6-13-8-14-7-10/h1-4,6-8H,5,12H2. The van der Waals surface area contributed by atoms with Crippen LogP contribution in [0.25, 0.3) is 0 Å². The largest absolute Gasteiger partial charge is 0.454 e. The highest BCUT2D eigenvalue weighted by Crippen LogP contribution is 2.23. The molecule has 0 amide bonds. The first-order valence-electron chi connectivity index (χ1n) is 4.61. The Labute approximate surface area is 87.7 Å². The predicted octanol–water partition coefficient (Wildman–Crippen LogP) is 1.73. The molecule has 4 heteroatoms. The molecule has 2 N–H and O–H groups in total. The third kappa shape index (κ3) is 2.30. The van der Waals surface area contributed by atoms with Gasteiger partial charge < -0.3 is 10.5 Å². The van der Waals surface area contributed by atoms with E-state index in [9.17, 15) is 0 Å². The normalized spacial score (nSPS) is 9.93. The average molecular weight is 201 g/mol. The Morgan fingerprint density at radius 1 is 1.13 bits per heavy atom.